The van der Waals surface area contributed by atoms with Crippen LogP contribution in [0, 0.1) is 12.8 Å². The van der Waals surface area contributed by atoms with E-state index in [4.69, 9.17) is 0 Å². The average Bonchev–Trinajstić information content (AvgIpc) is 2.79. The van der Waals surface area contributed by atoms with E-state index in [0.29, 0.717) is 13.0 Å². The number of nitrogens with zero attached hydrogens (tertiary/aromatic N) is 2. The smallest absolute Gasteiger partial charge is 0.241 e. The predicted molar refractivity (Wildman–Crippen MR) is 133 cm³/mol. The first-order chi connectivity index (χ1) is 15.7. The van der Waals surface area contributed by atoms with Crippen LogP contribution >= 0.6 is 0 Å². The van der Waals surface area contributed by atoms with Gasteiger partial charge in [-0.25, -0.2) is 8.42 Å². The van der Waals surface area contributed by atoms with Crippen LogP contribution in [0.15, 0.2) is 59.5 Å². The standard InChI is InChI=1S/C25H36N4O3S/c1-20(2)19-24(27-33(31,32)23-11-9-21(3)10-12-23)25(30)26-13-14-28-15-17-29(18-16-28)22-7-5-4-6-8-22/h4-12,20,24,27H,13-19H2,1-3H3,(H,26,30)/t24-/m0/s1. The van der Waals surface area contributed by atoms with Gasteiger partial charge in [-0.05, 0) is 43.5 Å². The second-order valence-electron chi connectivity index (χ2n) is 9.07. The van der Waals surface area contributed by atoms with Crippen LogP contribution in [-0.4, -0.2) is 64.5 Å². The van der Waals surface area contributed by atoms with Gasteiger partial charge in [0.05, 0.1) is 4.90 Å². The van der Waals surface area contributed by atoms with E-state index in [1.165, 1.54) is 5.69 Å². The van der Waals surface area contributed by atoms with Crippen LogP contribution in [0.1, 0.15) is 25.8 Å². The van der Waals surface area contributed by atoms with Gasteiger partial charge in [0.1, 0.15) is 6.04 Å². The Hall–Kier alpha value is -2.42. The first-order valence-corrected chi connectivity index (χ1v) is 13.1. The van der Waals surface area contributed by atoms with Crippen molar-refractivity contribution in [2.45, 2.75) is 38.1 Å². The second-order valence-corrected chi connectivity index (χ2v) is 10.8. The Bertz CT molecular complexity index is 986. The summed E-state index contributed by atoms with van der Waals surface area (Å²) in [5.74, 6) is -0.102. The van der Waals surface area contributed by atoms with E-state index in [0.717, 1.165) is 38.3 Å². The number of rotatable bonds is 10. The molecule has 0 unspecified atom stereocenters. The Morgan fingerprint density at radius 2 is 1.61 bits per heavy atom. The summed E-state index contributed by atoms with van der Waals surface area (Å²) in [6.45, 7) is 10.9. The molecule has 1 saturated heterocycles. The molecule has 0 spiro atoms. The van der Waals surface area contributed by atoms with Gasteiger partial charge in [-0.15, -0.1) is 0 Å². The minimum atomic E-state index is -3.77. The molecule has 2 aromatic carbocycles. The fourth-order valence-corrected chi connectivity index (χ4v) is 5.19. The lowest BCUT2D eigenvalue weighted by molar-refractivity contribution is -0.123. The maximum absolute atomic E-state index is 12.9. The first-order valence-electron chi connectivity index (χ1n) is 11.6. The van der Waals surface area contributed by atoms with E-state index in [9.17, 15) is 13.2 Å². The van der Waals surface area contributed by atoms with Crippen molar-refractivity contribution in [2.75, 3.05) is 44.2 Å². The third kappa shape index (κ3) is 7.55. The summed E-state index contributed by atoms with van der Waals surface area (Å²) in [5.41, 5.74) is 2.22. The van der Waals surface area contributed by atoms with Crippen molar-refractivity contribution in [1.82, 2.24) is 14.9 Å². The fourth-order valence-electron chi connectivity index (χ4n) is 3.98. The third-order valence-electron chi connectivity index (χ3n) is 5.87. The normalized spacial score (nSPS) is 16.1. The Morgan fingerprint density at radius 1 is 0.970 bits per heavy atom. The van der Waals surface area contributed by atoms with Crippen LogP contribution in [0.5, 0.6) is 0 Å². The molecule has 1 heterocycles. The van der Waals surface area contributed by atoms with E-state index < -0.39 is 16.1 Å². The molecule has 0 saturated carbocycles. The van der Waals surface area contributed by atoms with Gasteiger partial charge in [0.2, 0.25) is 15.9 Å². The molecule has 0 aliphatic carbocycles. The number of benzene rings is 2. The van der Waals surface area contributed by atoms with Gasteiger partial charge >= 0.3 is 0 Å². The first kappa shape index (κ1) is 25.2. The largest absolute Gasteiger partial charge is 0.369 e. The van der Waals surface area contributed by atoms with E-state index in [1.807, 2.05) is 26.8 Å². The van der Waals surface area contributed by atoms with Crippen molar-refractivity contribution >= 4 is 21.6 Å². The highest BCUT2D eigenvalue weighted by atomic mass is 32.2. The van der Waals surface area contributed by atoms with Crippen molar-refractivity contribution in [1.29, 1.82) is 0 Å². The Morgan fingerprint density at radius 3 is 2.21 bits per heavy atom. The fraction of sp³-hybridized carbons (Fsp3) is 0.480. The molecule has 0 radical (unpaired) electrons. The molecule has 1 atom stereocenters. The molecule has 1 fully saturated rings. The number of amides is 1. The van der Waals surface area contributed by atoms with Gasteiger partial charge < -0.3 is 10.2 Å². The maximum Gasteiger partial charge on any atom is 0.241 e. The van der Waals surface area contributed by atoms with E-state index in [1.54, 1.807) is 24.3 Å². The summed E-state index contributed by atoms with van der Waals surface area (Å²) in [4.78, 5) is 17.7. The lowest BCUT2D eigenvalue weighted by Gasteiger charge is -2.36. The van der Waals surface area contributed by atoms with Gasteiger partial charge in [0.15, 0.2) is 0 Å². The number of hydrogen-bond donors (Lipinski definition) is 2. The summed E-state index contributed by atoms with van der Waals surface area (Å²) in [7, 11) is -3.77. The molecule has 1 aliphatic rings. The van der Waals surface area contributed by atoms with Gasteiger partial charge in [0.25, 0.3) is 0 Å². The summed E-state index contributed by atoms with van der Waals surface area (Å²) in [5, 5.41) is 2.94. The molecule has 1 aliphatic heterocycles. The maximum atomic E-state index is 12.9. The van der Waals surface area contributed by atoms with E-state index >= 15 is 0 Å². The lowest BCUT2D eigenvalue weighted by atomic mass is 10.0. The number of carbonyl (C=O) groups excluding carboxylic acids is 1. The number of aryl methyl sites for hydroxylation is 1. The number of nitrogens with one attached hydrogen (secondary N) is 2. The number of para-hydroxylation sites is 1. The molecule has 0 bridgehead atoms. The van der Waals surface area contributed by atoms with Gasteiger partial charge in [0, 0.05) is 45.0 Å². The number of carbonyl (C=O) groups is 1. The van der Waals surface area contributed by atoms with Crippen molar-refractivity contribution in [3.63, 3.8) is 0 Å². The summed E-state index contributed by atoms with van der Waals surface area (Å²) in [6, 6.07) is 16.2. The third-order valence-corrected chi connectivity index (χ3v) is 7.36. The van der Waals surface area contributed by atoms with Crippen molar-refractivity contribution in [3.8, 4) is 0 Å². The molecule has 7 nitrogen and oxygen atoms in total. The molecule has 2 aromatic rings. The van der Waals surface area contributed by atoms with Gasteiger partial charge in [-0.2, -0.15) is 4.72 Å². The SMILES string of the molecule is Cc1ccc(S(=O)(=O)N[C@@H](CC(C)C)C(=O)NCCN2CCN(c3ccccc3)CC2)cc1. The Balaban J connectivity index is 1.49. The molecule has 2 N–H and O–H groups in total. The van der Waals surface area contributed by atoms with E-state index in [-0.39, 0.29) is 16.7 Å². The van der Waals surface area contributed by atoms with Gasteiger partial charge in [-0.1, -0.05) is 49.7 Å². The Labute approximate surface area is 198 Å². The van der Waals surface area contributed by atoms with E-state index in [2.05, 4.69) is 44.1 Å². The van der Waals surface area contributed by atoms with Crippen LogP contribution in [0.4, 0.5) is 5.69 Å². The highest BCUT2D eigenvalue weighted by molar-refractivity contribution is 7.89. The molecular weight excluding hydrogens is 436 g/mol. The monoisotopic (exact) mass is 472 g/mol. The lowest BCUT2D eigenvalue weighted by Crippen LogP contribution is -2.51. The number of sulfonamides is 1. The molecule has 0 aromatic heterocycles. The average molecular weight is 473 g/mol. The Kier molecular flexibility index (Phi) is 8.88. The van der Waals surface area contributed by atoms with Crippen LogP contribution < -0.4 is 14.9 Å². The van der Waals surface area contributed by atoms with Crippen LogP contribution in [-0.2, 0) is 14.8 Å². The topological polar surface area (TPSA) is 81.7 Å². The molecule has 3 rings (SSSR count). The van der Waals surface area contributed by atoms with Crippen LogP contribution in [0.2, 0.25) is 0 Å². The number of piperazine rings is 1. The zero-order valence-electron chi connectivity index (χ0n) is 19.8. The van der Waals surface area contributed by atoms with Crippen LogP contribution in [0.25, 0.3) is 0 Å². The predicted octanol–water partition coefficient (Wildman–Crippen LogP) is 2.63. The quantitative estimate of drug-likeness (QED) is 0.556. The number of anilines is 1. The highest BCUT2D eigenvalue weighted by Gasteiger charge is 2.26. The van der Waals surface area contributed by atoms with Crippen LogP contribution in [0.3, 0.4) is 0 Å². The second kappa shape index (κ2) is 11.6. The molecule has 33 heavy (non-hydrogen) atoms. The molecule has 180 valence electrons. The molecular formula is C25H36N4O3S. The molecule has 1 amide bonds. The minimum Gasteiger partial charge on any atom is -0.369 e. The van der Waals surface area contributed by atoms with Crippen molar-refractivity contribution < 1.29 is 13.2 Å². The summed E-state index contributed by atoms with van der Waals surface area (Å²) >= 11 is 0. The van der Waals surface area contributed by atoms with Crippen molar-refractivity contribution in [2.24, 2.45) is 5.92 Å². The highest BCUT2D eigenvalue weighted by Crippen LogP contribution is 2.16. The summed E-state index contributed by atoms with van der Waals surface area (Å²) in [6.07, 6.45) is 0.437. The number of hydrogen-bond acceptors (Lipinski definition) is 5. The summed E-state index contributed by atoms with van der Waals surface area (Å²) < 4.78 is 28.2. The van der Waals surface area contributed by atoms with Gasteiger partial charge in [-0.3, -0.25) is 9.69 Å². The minimum absolute atomic E-state index is 0.172. The zero-order chi connectivity index (χ0) is 23.8. The molecule has 8 heteroatoms. The zero-order valence-corrected chi connectivity index (χ0v) is 20.6. The van der Waals surface area contributed by atoms with Crippen molar-refractivity contribution in [3.05, 3.63) is 60.2 Å².